The normalized spacial score (nSPS) is 19.4. The SMILES string of the molecule is CC1CCCN(C(N)=NCc2ncnn2-c2ccccc2)C1. The summed E-state index contributed by atoms with van der Waals surface area (Å²) >= 11 is 0. The van der Waals surface area contributed by atoms with Crippen LogP contribution in [0.4, 0.5) is 0 Å². The number of aromatic nitrogens is 3. The van der Waals surface area contributed by atoms with E-state index in [1.165, 1.54) is 12.8 Å². The molecule has 1 saturated heterocycles. The fourth-order valence-corrected chi connectivity index (χ4v) is 2.81. The molecular formula is C16H22N6. The van der Waals surface area contributed by atoms with Crippen LogP contribution in [-0.4, -0.2) is 38.7 Å². The van der Waals surface area contributed by atoms with Gasteiger partial charge in [0.2, 0.25) is 0 Å². The third-order valence-electron chi connectivity index (χ3n) is 3.98. The fraction of sp³-hybridized carbons (Fsp3) is 0.438. The van der Waals surface area contributed by atoms with E-state index in [2.05, 4.69) is 26.9 Å². The molecule has 1 atom stereocenters. The van der Waals surface area contributed by atoms with Gasteiger partial charge in [0, 0.05) is 13.1 Å². The molecule has 116 valence electrons. The van der Waals surface area contributed by atoms with Crippen molar-refractivity contribution >= 4 is 5.96 Å². The highest BCUT2D eigenvalue weighted by Crippen LogP contribution is 2.15. The van der Waals surface area contributed by atoms with Gasteiger partial charge in [-0.15, -0.1) is 0 Å². The van der Waals surface area contributed by atoms with Crippen LogP contribution in [0.1, 0.15) is 25.6 Å². The van der Waals surface area contributed by atoms with Crippen molar-refractivity contribution in [1.29, 1.82) is 0 Å². The van der Waals surface area contributed by atoms with Gasteiger partial charge in [0.15, 0.2) is 11.8 Å². The lowest BCUT2D eigenvalue weighted by Gasteiger charge is -2.31. The number of aliphatic imine (C=N–C) groups is 1. The lowest BCUT2D eigenvalue weighted by Crippen LogP contribution is -2.43. The third-order valence-corrected chi connectivity index (χ3v) is 3.98. The number of nitrogens with two attached hydrogens (primary N) is 1. The Morgan fingerprint density at radius 1 is 1.36 bits per heavy atom. The van der Waals surface area contributed by atoms with Gasteiger partial charge in [-0.25, -0.2) is 14.7 Å². The Morgan fingerprint density at radius 2 is 2.18 bits per heavy atom. The summed E-state index contributed by atoms with van der Waals surface area (Å²) in [6.45, 7) is 4.67. The first-order chi connectivity index (χ1) is 10.7. The summed E-state index contributed by atoms with van der Waals surface area (Å²) in [6, 6.07) is 9.93. The van der Waals surface area contributed by atoms with E-state index in [0.29, 0.717) is 18.4 Å². The van der Waals surface area contributed by atoms with Crippen molar-refractivity contribution in [2.24, 2.45) is 16.6 Å². The maximum atomic E-state index is 6.13. The Balaban J connectivity index is 1.71. The summed E-state index contributed by atoms with van der Waals surface area (Å²) in [5.74, 6) is 2.07. The molecule has 2 heterocycles. The molecule has 22 heavy (non-hydrogen) atoms. The van der Waals surface area contributed by atoms with E-state index in [1.807, 2.05) is 30.3 Å². The van der Waals surface area contributed by atoms with E-state index < -0.39 is 0 Å². The smallest absolute Gasteiger partial charge is 0.191 e. The summed E-state index contributed by atoms with van der Waals surface area (Å²) in [7, 11) is 0. The number of hydrogen-bond acceptors (Lipinski definition) is 3. The van der Waals surface area contributed by atoms with Crippen LogP contribution in [0.25, 0.3) is 5.69 Å². The standard InChI is InChI=1S/C16H22N6/c1-13-6-5-9-21(11-13)16(17)18-10-15-19-12-20-22(15)14-7-3-2-4-8-14/h2-4,7-8,12-13H,5-6,9-11H2,1H3,(H2,17,18). The van der Waals surface area contributed by atoms with Gasteiger partial charge in [-0.3, -0.25) is 0 Å². The zero-order valence-corrected chi connectivity index (χ0v) is 12.9. The lowest BCUT2D eigenvalue weighted by molar-refractivity contribution is 0.270. The van der Waals surface area contributed by atoms with E-state index >= 15 is 0 Å². The number of guanidine groups is 1. The summed E-state index contributed by atoms with van der Waals surface area (Å²) in [5, 5.41) is 4.27. The van der Waals surface area contributed by atoms with Crippen LogP contribution < -0.4 is 5.73 Å². The van der Waals surface area contributed by atoms with Crippen LogP contribution in [0, 0.1) is 5.92 Å². The average molecular weight is 298 g/mol. The zero-order chi connectivity index (χ0) is 15.4. The largest absolute Gasteiger partial charge is 0.370 e. The van der Waals surface area contributed by atoms with Crippen LogP contribution in [0.15, 0.2) is 41.7 Å². The second-order valence-electron chi connectivity index (χ2n) is 5.79. The Morgan fingerprint density at radius 3 is 2.95 bits per heavy atom. The monoisotopic (exact) mass is 298 g/mol. The molecule has 6 heteroatoms. The number of hydrogen-bond donors (Lipinski definition) is 1. The maximum Gasteiger partial charge on any atom is 0.191 e. The molecular weight excluding hydrogens is 276 g/mol. The van der Waals surface area contributed by atoms with Crippen LogP contribution in [0.3, 0.4) is 0 Å². The molecule has 1 aliphatic rings. The molecule has 1 fully saturated rings. The van der Waals surface area contributed by atoms with Crippen molar-refractivity contribution in [2.75, 3.05) is 13.1 Å². The molecule has 0 bridgehead atoms. The number of likely N-dealkylation sites (tertiary alicyclic amines) is 1. The fourth-order valence-electron chi connectivity index (χ4n) is 2.81. The van der Waals surface area contributed by atoms with Crippen molar-refractivity contribution in [3.63, 3.8) is 0 Å². The van der Waals surface area contributed by atoms with E-state index in [0.717, 1.165) is 24.6 Å². The van der Waals surface area contributed by atoms with Gasteiger partial charge >= 0.3 is 0 Å². The van der Waals surface area contributed by atoms with Gasteiger partial charge in [-0.1, -0.05) is 25.1 Å². The van der Waals surface area contributed by atoms with Gasteiger partial charge < -0.3 is 10.6 Å². The second kappa shape index (κ2) is 6.60. The predicted octanol–water partition coefficient (Wildman–Crippen LogP) is 1.81. The Kier molecular flexibility index (Phi) is 4.37. The Hall–Kier alpha value is -2.37. The first-order valence-corrected chi connectivity index (χ1v) is 7.73. The van der Waals surface area contributed by atoms with Crippen molar-refractivity contribution in [3.05, 3.63) is 42.5 Å². The number of rotatable bonds is 3. The van der Waals surface area contributed by atoms with Crippen molar-refractivity contribution in [1.82, 2.24) is 19.7 Å². The first kappa shape index (κ1) is 14.6. The lowest BCUT2D eigenvalue weighted by atomic mass is 10.0. The zero-order valence-electron chi connectivity index (χ0n) is 12.9. The van der Waals surface area contributed by atoms with Crippen LogP contribution in [-0.2, 0) is 6.54 Å². The minimum absolute atomic E-state index is 0.436. The van der Waals surface area contributed by atoms with Crippen LogP contribution in [0.2, 0.25) is 0 Å². The number of benzene rings is 1. The molecule has 0 amide bonds. The van der Waals surface area contributed by atoms with E-state index in [4.69, 9.17) is 5.73 Å². The average Bonchev–Trinajstić information content (AvgIpc) is 3.02. The van der Waals surface area contributed by atoms with Crippen molar-refractivity contribution in [2.45, 2.75) is 26.3 Å². The highest BCUT2D eigenvalue weighted by Gasteiger charge is 2.17. The summed E-state index contributed by atoms with van der Waals surface area (Å²) < 4.78 is 1.80. The molecule has 1 unspecified atom stereocenters. The molecule has 2 aromatic rings. The van der Waals surface area contributed by atoms with Gasteiger partial charge in [0.1, 0.15) is 12.9 Å². The van der Waals surface area contributed by atoms with E-state index in [1.54, 1.807) is 11.0 Å². The Labute approximate surface area is 130 Å². The minimum Gasteiger partial charge on any atom is -0.370 e. The molecule has 0 spiro atoms. The first-order valence-electron chi connectivity index (χ1n) is 7.73. The number of piperidine rings is 1. The quantitative estimate of drug-likeness (QED) is 0.693. The number of para-hydroxylation sites is 1. The molecule has 0 saturated carbocycles. The molecule has 1 aromatic heterocycles. The summed E-state index contributed by atoms with van der Waals surface area (Å²) in [5.41, 5.74) is 7.12. The molecule has 6 nitrogen and oxygen atoms in total. The van der Waals surface area contributed by atoms with Crippen LogP contribution >= 0.6 is 0 Å². The Bertz CT molecular complexity index is 633. The van der Waals surface area contributed by atoms with Crippen molar-refractivity contribution in [3.8, 4) is 5.69 Å². The highest BCUT2D eigenvalue weighted by atomic mass is 15.3. The summed E-state index contributed by atoms with van der Waals surface area (Å²) in [6.07, 6.45) is 4.00. The third kappa shape index (κ3) is 3.27. The van der Waals surface area contributed by atoms with E-state index in [9.17, 15) is 0 Å². The topological polar surface area (TPSA) is 72.3 Å². The van der Waals surface area contributed by atoms with Gasteiger partial charge in [-0.2, -0.15) is 5.10 Å². The van der Waals surface area contributed by atoms with Gasteiger partial charge in [0.25, 0.3) is 0 Å². The van der Waals surface area contributed by atoms with Gasteiger partial charge in [0.05, 0.1) is 5.69 Å². The van der Waals surface area contributed by atoms with Gasteiger partial charge in [-0.05, 0) is 30.9 Å². The summed E-state index contributed by atoms with van der Waals surface area (Å²) in [4.78, 5) is 11.0. The van der Waals surface area contributed by atoms with Crippen molar-refractivity contribution < 1.29 is 0 Å². The number of nitrogens with zero attached hydrogens (tertiary/aromatic N) is 5. The highest BCUT2D eigenvalue weighted by molar-refractivity contribution is 5.78. The molecule has 0 aliphatic carbocycles. The van der Waals surface area contributed by atoms with Crippen LogP contribution in [0.5, 0.6) is 0 Å². The predicted molar refractivity (Wildman–Crippen MR) is 86.7 cm³/mol. The van der Waals surface area contributed by atoms with E-state index in [-0.39, 0.29) is 0 Å². The molecule has 2 N–H and O–H groups in total. The molecule has 1 aromatic carbocycles. The molecule has 3 rings (SSSR count). The maximum absolute atomic E-state index is 6.13. The second-order valence-corrected chi connectivity index (χ2v) is 5.79. The molecule has 1 aliphatic heterocycles. The minimum atomic E-state index is 0.436. The molecule has 0 radical (unpaired) electrons.